The molecule has 0 spiro atoms. The van der Waals surface area contributed by atoms with Gasteiger partial charge in [-0.15, -0.1) is 11.3 Å². The molecule has 4 nitrogen and oxygen atoms in total. The van der Waals surface area contributed by atoms with E-state index in [-0.39, 0.29) is 17.4 Å². The van der Waals surface area contributed by atoms with Crippen molar-refractivity contribution >= 4 is 17.2 Å². The summed E-state index contributed by atoms with van der Waals surface area (Å²) in [6.07, 6.45) is 1.91. The predicted molar refractivity (Wildman–Crippen MR) is 85.0 cm³/mol. The van der Waals surface area contributed by atoms with Gasteiger partial charge in [0.05, 0.1) is 11.0 Å². The van der Waals surface area contributed by atoms with E-state index < -0.39 is 0 Å². The van der Waals surface area contributed by atoms with Crippen molar-refractivity contribution in [2.24, 2.45) is 0 Å². The third-order valence-electron chi connectivity index (χ3n) is 3.22. The third-order valence-corrected chi connectivity index (χ3v) is 4.65. The Morgan fingerprint density at radius 1 is 1.40 bits per heavy atom. The van der Waals surface area contributed by atoms with E-state index in [2.05, 4.69) is 31.1 Å². The fraction of sp³-hybridized carbons (Fsp3) is 0.733. The van der Waals surface area contributed by atoms with Crippen LogP contribution in [0, 0.1) is 0 Å². The smallest absolute Gasteiger partial charge is 0.239 e. The molecular formula is C15H27N3OS. The first-order valence-corrected chi connectivity index (χ1v) is 8.08. The summed E-state index contributed by atoms with van der Waals surface area (Å²) in [5.41, 5.74) is 0.0889. The van der Waals surface area contributed by atoms with Gasteiger partial charge in [-0.3, -0.25) is 4.79 Å². The maximum absolute atomic E-state index is 12.1. The topological polar surface area (TPSA) is 45.2 Å². The predicted octanol–water partition coefficient (Wildman–Crippen LogP) is 2.79. The van der Waals surface area contributed by atoms with Crippen LogP contribution >= 0.6 is 11.3 Å². The molecule has 0 aromatic carbocycles. The van der Waals surface area contributed by atoms with Crippen LogP contribution < -0.4 is 5.32 Å². The summed E-state index contributed by atoms with van der Waals surface area (Å²) >= 11 is 1.71. The van der Waals surface area contributed by atoms with E-state index in [1.165, 1.54) is 4.88 Å². The van der Waals surface area contributed by atoms with E-state index in [9.17, 15) is 4.79 Å². The molecular weight excluding hydrogens is 270 g/mol. The number of carbonyl (C=O) groups is 1. The molecule has 0 radical (unpaired) electrons. The van der Waals surface area contributed by atoms with Crippen molar-refractivity contribution in [2.75, 3.05) is 13.1 Å². The van der Waals surface area contributed by atoms with Crippen molar-refractivity contribution in [1.29, 1.82) is 0 Å². The Kier molecular flexibility index (Phi) is 6.14. The van der Waals surface area contributed by atoms with Gasteiger partial charge in [-0.1, -0.05) is 20.8 Å². The van der Waals surface area contributed by atoms with E-state index >= 15 is 0 Å². The van der Waals surface area contributed by atoms with Gasteiger partial charge < -0.3 is 10.2 Å². The number of nitrogens with zero attached hydrogens (tertiary/aromatic N) is 2. The van der Waals surface area contributed by atoms with Gasteiger partial charge >= 0.3 is 0 Å². The highest BCUT2D eigenvalue weighted by atomic mass is 32.1. The average Bonchev–Trinajstić information content (AvgIpc) is 2.86. The van der Waals surface area contributed by atoms with Gasteiger partial charge in [0.2, 0.25) is 5.91 Å². The van der Waals surface area contributed by atoms with Crippen molar-refractivity contribution in [3.05, 3.63) is 16.1 Å². The molecule has 0 aliphatic heterocycles. The minimum Gasteiger partial charge on any atom is -0.342 e. The number of rotatable bonds is 6. The van der Waals surface area contributed by atoms with Crippen molar-refractivity contribution in [3.63, 3.8) is 0 Å². The van der Waals surface area contributed by atoms with Crippen LogP contribution in [0.3, 0.4) is 0 Å². The van der Waals surface area contributed by atoms with Crippen LogP contribution in [0.5, 0.6) is 0 Å². The lowest BCUT2D eigenvalue weighted by molar-refractivity contribution is -0.132. The van der Waals surface area contributed by atoms with E-state index in [1.807, 2.05) is 31.9 Å². The van der Waals surface area contributed by atoms with Crippen molar-refractivity contribution in [2.45, 2.75) is 59.5 Å². The van der Waals surface area contributed by atoms with E-state index in [0.717, 1.165) is 18.1 Å². The molecule has 20 heavy (non-hydrogen) atoms. The molecule has 0 fully saturated rings. The highest BCUT2D eigenvalue weighted by molar-refractivity contribution is 7.11. The summed E-state index contributed by atoms with van der Waals surface area (Å²) in [6.45, 7) is 14.6. The number of likely N-dealkylation sites (N-methyl/N-ethyl adjacent to an activating group) is 1. The second-order valence-corrected chi connectivity index (χ2v) is 7.11. The van der Waals surface area contributed by atoms with Gasteiger partial charge in [-0.2, -0.15) is 0 Å². The molecule has 1 rings (SSSR count). The Morgan fingerprint density at radius 2 is 2.00 bits per heavy atom. The molecule has 1 unspecified atom stereocenters. The van der Waals surface area contributed by atoms with E-state index in [4.69, 9.17) is 0 Å². The number of aromatic nitrogens is 1. The number of amides is 1. The number of hydrogen-bond donors (Lipinski definition) is 1. The van der Waals surface area contributed by atoms with Crippen LogP contribution in [0.1, 0.15) is 51.4 Å². The average molecular weight is 297 g/mol. The van der Waals surface area contributed by atoms with Gasteiger partial charge in [0, 0.05) is 36.1 Å². The largest absolute Gasteiger partial charge is 0.342 e. The first-order chi connectivity index (χ1) is 9.29. The van der Waals surface area contributed by atoms with Crippen LogP contribution in [0.25, 0.3) is 0 Å². The van der Waals surface area contributed by atoms with Crippen molar-refractivity contribution in [1.82, 2.24) is 15.2 Å². The molecule has 114 valence electrons. The highest BCUT2D eigenvalue weighted by Crippen LogP contribution is 2.26. The zero-order chi connectivity index (χ0) is 15.3. The Labute approximate surface area is 126 Å². The fourth-order valence-electron chi connectivity index (χ4n) is 1.89. The molecule has 0 bridgehead atoms. The van der Waals surface area contributed by atoms with Crippen molar-refractivity contribution < 1.29 is 4.79 Å². The monoisotopic (exact) mass is 297 g/mol. The van der Waals surface area contributed by atoms with Crippen molar-refractivity contribution in [3.8, 4) is 0 Å². The maximum atomic E-state index is 12.1. The molecule has 0 saturated carbocycles. The zero-order valence-corrected chi connectivity index (χ0v) is 14.3. The first kappa shape index (κ1) is 17.1. The number of carbonyl (C=O) groups excluding carboxylic acids is 1. The minimum atomic E-state index is -0.157. The Morgan fingerprint density at radius 3 is 2.45 bits per heavy atom. The number of nitrogens with one attached hydrogen (secondary N) is 1. The Bertz CT molecular complexity index is 433. The maximum Gasteiger partial charge on any atom is 0.239 e. The van der Waals surface area contributed by atoms with Crippen LogP contribution in [0.15, 0.2) is 6.20 Å². The van der Waals surface area contributed by atoms with Crippen LogP contribution in [-0.2, 0) is 16.8 Å². The summed E-state index contributed by atoms with van der Waals surface area (Å²) in [5, 5.41) is 4.43. The van der Waals surface area contributed by atoms with Gasteiger partial charge in [-0.05, 0) is 20.8 Å². The molecule has 1 N–H and O–H groups in total. The van der Waals surface area contributed by atoms with E-state index in [0.29, 0.717) is 6.54 Å². The molecule has 1 aromatic heterocycles. The fourth-order valence-corrected chi connectivity index (χ4v) is 2.81. The zero-order valence-electron chi connectivity index (χ0n) is 13.5. The Hall–Kier alpha value is -0.940. The molecule has 1 heterocycles. The lowest BCUT2D eigenvalue weighted by atomic mass is 9.98. The second-order valence-electron chi connectivity index (χ2n) is 5.99. The number of hydrogen-bond acceptors (Lipinski definition) is 4. The van der Waals surface area contributed by atoms with Crippen LogP contribution in [-0.4, -0.2) is 34.9 Å². The molecule has 0 aliphatic carbocycles. The summed E-state index contributed by atoms with van der Waals surface area (Å²) in [7, 11) is 0. The molecule has 0 saturated heterocycles. The molecule has 1 amide bonds. The summed E-state index contributed by atoms with van der Waals surface area (Å²) in [5.74, 6) is 0.163. The quantitative estimate of drug-likeness (QED) is 0.878. The highest BCUT2D eigenvalue weighted by Gasteiger charge is 2.20. The number of thiazole rings is 1. The standard InChI is InChI=1S/C15H27N3OS/c1-7-18(8-2)13(19)11(3)16-9-12-10-17-14(20-12)15(4,5)6/h10-11,16H,7-9H2,1-6H3. The van der Waals surface area contributed by atoms with Gasteiger partial charge in [0.25, 0.3) is 0 Å². The molecule has 1 atom stereocenters. The van der Waals surface area contributed by atoms with E-state index in [1.54, 1.807) is 11.3 Å². The normalized spacial score (nSPS) is 13.3. The summed E-state index contributed by atoms with van der Waals surface area (Å²) in [4.78, 5) is 19.6. The summed E-state index contributed by atoms with van der Waals surface area (Å²) in [6, 6.07) is -0.157. The van der Waals surface area contributed by atoms with Gasteiger partial charge in [-0.25, -0.2) is 4.98 Å². The van der Waals surface area contributed by atoms with Gasteiger partial charge in [0.1, 0.15) is 0 Å². The lowest BCUT2D eigenvalue weighted by Crippen LogP contribution is -2.44. The lowest BCUT2D eigenvalue weighted by Gasteiger charge is -2.23. The second kappa shape index (κ2) is 7.18. The SMILES string of the molecule is CCN(CC)C(=O)C(C)NCc1cnc(C(C)(C)C)s1. The molecule has 1 aromatic rings. The van der Waals surface area contributed by atoms with Crippen LogP contribution in [0.4, 0.5) is 0 Å². The Balaban J connectivity index is 2.55. The molecule has 5 heteroatoms. The third kappa shape index (κ3) is 4.56. The van der Waals surface area contributed by atoms with Crippen LogP contribution in [0.2, 0.25) is 0 Å². The van der Waals surface area contributed by atoms with Gasteiger partial charge in [0.15, 0.2) is 0 Å². The minimum absolute atomic E-state index is 0.0889. The molecule has 0 aliphatic rings. The summed E-state index contributed by atoms with van der Waals surface area (Å²) < 4.78 is 0. The first-order valence-electron chi connectivity index (χ1n) is 7.26.